The van der Waals surface area contributed by atoms with Gasteiger partial charge < -0.3 is 18.8 Å². The molecule has 0 aromatic carbocycles. The summed E-state index contributed by atoms with van der Waals surface area (Å²) in [5, 5.41) is 0.934. The highest BCUT2D eigenvalue weighted by Crippen LogP contribution is 2.60. The van der Waals surface area contributed by atoms with E-state index in [9.17, 15) is 9.59 Å². The molecule has 5 fully saturated rings. The molecule has 4 saturated carbocycles. The van der Waals surface area contributed by atoms with Gasteiger partial charge in [0.2, 0.25) is 11.6 Å². The lowest BCUT2D eigenvalue weighted by Crippen LogP contribution is -2.61. The van der Waals surface area contributed by atoms with Gasteiger partial charge in [-0.2, -0.15) is 0 Å². The number of hydrogen-bond donors (Lipinski definition) is 0. The molecule has 0 radical (unpaired) electrons. The predicted molar refractivity (Wildman–Crippen MR) is 127 cm³/mol. The molecular formula is C27H35N3O3. The van der Waals surface area contributed by atoms with E-state index < -0.39 is 0 Å². The fraction of sp³-hybridized carbons (Fsp3) is 0.630. The van der Waals surface area contributed by atoms with E-state index in [2.05, 4.69) is 18.4 Å². The number of fused-ring (bicyclic) bond motifs is 1. The van der Waals surface area contributed by atoms with Crippen molar-refractivity contribution in [2.24, 2.45) is 23.2 Å². The molecule has 2 amide bonds. The largest absolute Gasteiger partial charge is 0.448 e. The van der Waals surface area contributed by atoms with Crippen LogP contribution in [0, 0.1) is 23.2 Å². The number of carbonyl (C=O) groups is 2. The minimum Gasteiger partial charge on any atom is -0.448 e. The maximum Gasteiger partial charge on any atom is 0.270 e. The van der Waals surface area contributed by atoms with Gasteiger partial charge in [-0.1, -0.05) is 12.2 Å². The van der Waals surface area contributed by atoms with E-state index in [0.717, 1.165) is 48.0 Å². The molecular weight excluding hydrogens is 414 g/mol. The van der Waals surface area contributed by atoms with Crippen molar-refractivity contribution in [3.8, 4) is 0 Å². The summed E-state index contributed by atoms with van der Waals surface area (Å²) in [4.78, 5) is 31.4. The summed E-state index contributed by atoms with van der Waals surface area (Å²) in [6, 6.07) is 3.85. The third-order valence-electron chi connectivity index (χ3n) is 8.82. The van der Waals surface area contributed by atoms with Crippen LogP contribution in [0.1, 0.15) is 62.9 Å². The molecule has 176 valence electrons. The highest BCUT2D eigenvalue weighted by atomic mass is 16.3. The van der Waals surface area contributed by atoms with Gasteiger partial charge in [-0.3, -0.25) is 9.59 Å². The zero-order valence-corrected chi connectivity index (χ0v) is 19.9. The lowest BCUT2D eigenvalue weighted by molar-refractivity contribution is -0.161. The van der Waals surface area contributed by atoms with Crippen LogP contribution in [0.3, 0.4) is 0 Å². The maximum atomic E-state index is 13.9. The molecule has 1 saturated heterocycles. The topological polar surface area (TPSA) is 58.7 Å². The van der Waals surface area contributed by atoms with Crippen molar-refractivity contribution in [2.45, 2.75) is 65.0 Å². The smallest absolute Gasteiger partial charge is 0.270 e. The second-order valence-corrected chi connectivity index (χ2v) is 11.6. The third-order valence-corrected chi connectivity index (χ3v) is 8.82. The molecule has 0 spiro atoms. The zero-order valence-electron chi connectivity index (χ0n) is 19.9. The first kappa shape index (κ1) is 21.1. The first-order valence-electron chi connectivity index (χ1n) is 12.6. The minimum atomic E-state index is -0.115. The van der Waals surface area contributed by atoms with Crippen LogP contribution >= 0.6 is 0 Å². The Morgan fingerprint density at radius 2 is 1.79 bits per heavy atom. The molecule has 5 aliphatic rings. The number of furan rings is 1. The van der Waals surface area contributed by atoms with Gasteiger partial charge in [0.05, 0.1) is 11.7 Å². The van der Waals surface area contributed by atoms with Crippen LogP contribution in [-0.2, 0) is 11.3 Å². The fourth-order valence-electron chi connectivity index (χ4n) is 7.86. The van der Waals surface area contributed by atoms with Gasteiger partial charge in [0.25, 0.3) is 5.91 Å². The Morgan fingerprint density at radius 3 is 2.39 bits per heavy atom. The maximum absolute atomic E-state index is 13.9. The Kier molecular flexibility index (Phi) is 4.79. The quantitative estimate of drug-likeness (QED) is 0.636. The molecule has 3 heterocycles. The molecule has 1 atom stereocenters. The number of amides is 2. The number of hydrogen-bond acceptors (Lipinski definition) is 3. The molecule has 1 aliphatic heterocycles. The summed E-state index contributed by atoms with van der Waals surface area (Å²) >= 11 is 0. The van der Waals surface area contributed by atoms with Gasteiger partial charge in [-0.25, -0.2) is 0 Å². The van der Waals surface area contributed by atoms with Crippen LogP contribution in [0.25, 0.3) is 11.1 Å². The lowest BCUT2D eigenvalue weighted by Gasteiger charge is -2.57. The Morgan fingerprint density at radius 1 is 1.12 bits per heavy atom. The highest BCUT2D eigenvalue weighted by Gasteiger charge is 2.56. The first-order valence-corrected chi connectivity index (χ1v) is 12.6. The molecule has 7 rings (SSSR count). The Hall–Kier alpha value is -2.50. The van der Waals surface area contributed by atoms with Gasteiger partial charge in [0.1, 0.15) is 5.69 Å². The molecule has 6 heteroatoms. The summed E-state index contributed by atoms with van der Waals surface area (Å²) in [7, 11) is 0. The molecule has 2 aromatic heterocycles. The predicted octanol–water partition coefficient (Wildman–Crippen LogP) is 4.70. The molecule has 6 nitrogen and oxygen atoms in total. The normalized spacial score (nSPS) is 33.2. The molecule has 4 bridgehead atoms. The van der Waals surface area contributed by atoms with E-state index in [0.29, 0.717) is 43.5 Å². The number of rotatable bonds is 4. The van der Waals surface area contributed by atoms with Crippen LogP contribution < -0.4 is 0 Å². The van der Waals surface area contributed by atoms with Crippen LogP contribution in [0.4, 0.5) is 0 Å². The second-order valence-electron chi connectivity index (χ2n) is 11.6. The SMILES string of the molecule is C=C(C)Cn1c(C(=O)N2CCN(C(=O)C34CC5CC(CC(C5)C3)C4)C(C)C2)cc2ccoc21. The van der Waals surface area contributed by atoms with E-state index >= 15 is 0 Å². The van der Waals surface area contributed by atoms with Crippen molar-refractivity contribution in [1.82, 2.24) is 14.4 Å². The number of aromatic nitrogens is 1. The summed E-state index contributed by atoms with van der Waals surface area (Å²) < 4.78 is 7.58. The Balaban J connectivity index is 1.19. The van der Waals surface area contributed by atoms with Crippen molar-refractivity contribution in [1.29, 1.82) is 0 Å². The van der Waals surface area contributed by atoms with Crippen LogP contribution in [-0.4, -0.2) is 51.9 Å². The average molecular weight is 450 g/mol. The number of piperazine rings is 1. The van der Waals surface area contributed by atoms with Gasteiger partial charge in [0, 0.05) is 37.6 Å². The monoisotopic (exact) mass is 449 g/mol. The fourth-order valence-corrected chi connectivity index (χ4v) is 7.86. The van der Waals surface area contributed by atoms with Crippen LogP contribution in [0.15, 0.2) is 35.0 Å². The Bertz CT molecular complexity index is 1090. The summed E-state index contributed by atoms with van der Waals surface area (Å²) in [6.45, 7) is 10.4. The summed E-state index contributed by atoms with van der Waals surface area (Å²) in [5.41, 5.74) is 2.21. The molecule has 33 heavy (non-hydrogen) atoms. The van der Waals surface area contributed by atoms with Gasteiger partial charge in [0.15, 0.2) is 0 Å². The molecule has 2 aromatic rings. The molecule has 4 aliphatic carbocycles. The number of nitrogens with zero attached hydrogens (tertiary/aromatic N) is 3. The average Bonchev–Trinajstić information content (AvgIpc) is 3.34. The number of allylic oxidation sites excluding steroid dienone is 1. The van der Waals surface area contributed by atoms with E-state index in [-0.39, 0.29) is 17.4 Å². The van der Waals surface area contributed by atoms with Gasteiger partial charge >= 0.3 is 0 Å². The number of carbonyl (C=O) groups excluding carboxylic acids is 2. The molecule has 0 N–H and O–H groups in total. The van der Waals surface area contributed by atoms with E-state index in [4.69, 9.17) is 4.42 Å². The highest BCUT2D eigenvalue weighted by molar-refractivity contribution is 5.98. The summed E-state index contributed by atoms with van der Waals surface area (Å²) in [5.74, 6) is 2.67. The standard InChI is InChI=1S/C27H35N3O3/c1-17(2)15-30-23(11-22-4-7-33-25(22)30)24(31)28-5-6-29(18(3)16-28)26(32)27-12-19-8-20(13-27)10-21(9-19)14-27/h4,7,11,18-21H,1,5-6,8-10,12-16H2,2-3H3. The van der Waals surface area contributed by atoms with Crippen molar-refractivity contribution >= 4 is 22.9 Å². The van der Waals surface area contributed by atoms with Gasteiger partial charge in [-0.05, 0) is 82.3 Å². The zero-order chi connectivity index (χ0) is 22.9. The first-order chi connectivity index (χ1) is 15.8. The Labute approximate surface area is 195 Å². The summed E-state index contributed by atoms with van der Waals surface area (Å²) in [6.07, 6.45) is 8.97. The molecule has 1 unspecified atom stereocenters. The van der Waals surface area contributed by atoms with Crippen molar-refractivity contribution in [3.05, 3.63) is 36.2 Å². The van der Waals surface area contributed by atoms with E-state index in [1.165, 1.54) is 19.3 Å². The van der Waals surface area contributed by atoms with Crippen LogP contribution in [0.2, 0.25) is 0 Å². The second kappa shape index (κ2) is 7.51. The van der Waals surface area contributed by atoms with Gasteiger partial charge in [-0.15, -0.1) is 0 Å². The van der Waals surface area contributed by atoms with Crippen molar-refractivity contribution in [3.63, 3.8) is 0 Å². The lowest BCUT2D eigenvalue weighted by atomic mass is 9.49. The van der Waals surface area contributed by atoms with Crippen molar-refractivity contribution < 1.29 is 14.0 Å². The van der Waals surface area contributed by atoms with Crippen molar-refractivity contribution in [2.75, 3.05) is 19.6 Å². The van der Waals surface area contributed by atoms with E-state index in [1.807, 2.05) is 28.5 Å². The minimum absolute atomic E-state index is 0.0106. The third kappa shape index (κ3) is 3.36. The van der Waals surface area contributed by atoms with E-state index in [1.54, 1.807) is 6.26 Å². The van der Waals surface area contributed by atoms with Crippen LogP contribution in [0.5, 0.6) is 0 Å².